The molecule has 0 unspecified atom stereocenters. The number of fused-ring (bicyclic) bond motifs is 1. The van der Waals surface area contributed by atoms with Crippen LogP contribution in [0.3, 0.4) is 0 Å². The normalized spacial score (nSPS) is 19.2. The van der Waals surface area contributed by atoms with Crippen molar-refractivity contribution in [2.45, 2.75) is 57.2 Å². The molecule has 3 aromatic rings. The first-order valence-electron chi connectivity index (χ1n) is 12.8. The van der Waals surface area contributed by atoms with E-state index in [1.54, 1.807) is 12.4 Å². The number of imidazole rings is 1. The Morgan fingerprint density at radius 1 is 1.18 bits per heavy atom. The van der Waals surface area contributed by atoms with E-state index >= 15 is 0 Å². The van der Waals surface area contributed by atoms with Crippen LogP contribution in [0.5, 0.6) is 0 Å². The van der Waals surface area contributed by atoms with Crippen molar-refractivity contribution < 1.29 is 22.8 Å². The third-order valence-corrected chi connectivity index (χ3v) is 8.57. The van der Waals surface area contributed by atoms with E-state index in [9.17, 15) is 22.8 Å². The molecule has 3 aliphatic rings. The predicted molar refractivity (Wildman–Crippen MR) is 136 cm³/mol. The Morgan fingerprint density at radius 3 is 2.66 bits per heavy atom. The molecule has 0 spiro atoms. The number of hydrogen-bond donors (Lipinski definition) is 3. The van der Waals surface area contributed by atoms with E-state index in [1.165, 1.54) is 18.4 Å². The van der Waals surface area contributed by atoms with Crippen LogP contribution in [0.4, 0.5) is 29.9 Å². The van der Waals surface area contributed by atoms with Crippen LogP contribution in [-0.4, -0.2) is 37.7 Å². The highest BCUT2D eigenvalue weighted by Crippen LogP contribution is 2.43. The molecule has 3 aliphatic carbocycles. The third kappa shape index (κ3) is 5.03. The monoisotopic (exact) mass is 547 g/mol. The number of nitrogens with one attached hydrogen (secondary N) is 3. The van der Waals surface area contributed by atoms with Crippen molar-refractivity contribution in [3.8, 4) is 0 Å². The molecular weight excluding hydrogens is 519 g/mol. The second-order valence-corrected chi connectivity index (χ2v) is 11.4. The largest absolute Gasteiger partial charge is 0.435 e. The molecule has 0 radical (unpaired) electrons. The molecule has 2 amide bonds. The number of aryl methyl sites for hydroxylation is 2. The first-order valence-corrected chi connectivity index (χ1v) is 13.6. The minimum Gasteiger partial charge on any atom is -0.352 e. The quantitative estimate of drug-likeness (QED) is 0.381. The Balaban J connectivity index is 1.26. The van der Waals surface area contributed by atoms with Crippen LogP contribution in [0.15, 0.2) is 18.5 Å². The van der Waals surface area contributed by atoms with Crippen molar-refractivity contribution in [1.82, 2.24) is 24.6 Å². The van der Waals surface area contributed by atoms with E-state index in [4.69, 9.17) is 0 Å². The Kier molecular flexibility index (Phi) is 6.20. The fourth-order valence-corrected chi connectivity index (χ4v) is 6.12. The van der Waals surface area contributed by atoms with Crippen molar-refractivity contribution in [2.24, 2.45) is 18.9 Å². The summed E-state index contributed by atoms with van der Waals surface area (Å²) in [5.41, 5.74) is 0.481. The van der Waals surface area contributed by atoms with Gasteiger partial charge in [-0.2, -0.15) is 18.3 Å². The lowest BCUT2D eigenvalue weighted by Crippen LogP contribution is -2.28. The number of nitrogens with zero attached hydrogens (tertiary/aromatic N) is 4. The number of carbonyl (C=O) groups is 2. The molecule has 0 aliphatic heterocycles. The van der Waals surface area contributed by atoms with Crippen LogP contribution in [0.2, 0.25) is 0 Å². The maximum Gasteiger partial charge on any atom is 0.435 e. The highest BCUT2D eigenvalue weighted by Gasteiger charge is 2.36. The van der Waals surface area contributed by atoms with Crippen LogP contribution < -0.4 is 16.0 Å². The zero-order chi connectivity index (χ0) is 26.6. The number of rotatable bonds is 8. The van der Waals surface area contributed by atoms with Gasteiger partial charge in [0.2, 0.25) is 11.9 Å². The summed E-state index contributed by atoms with van der Waals surface area (Å²) in [6.07, 6.45) is 4.84. The molecule has 3 aromatic heterocycles. The molecule has 3 N–H and O–H groups in total. The lowest BCUT2D eigenvalue weighted by Gasteiger charge is -2.26. The number of halogens is 3. The molecule has 0 bridgehead atoms. The predicted octanol–water partition coefficient (Wildman–Crippen LogP) is 4.66. The van der Waals surface area contributed by atoms with E-state index in [0.717, 1.165) is 53.3 Å². The smallest absolute Gasteiger partial charge is 0.352 e. The van der Waals surface area contributed by atoms with Gasteiger partial charge in [-0.05, 0) is 56.4 Å². The highest BCUT2D eigenvalue weighted by molar-refractivity contribution is 7.17. The summed E-state index contributed by atoms with van der Waals surface area (Å²) in [4.78, 5) is 31.3. The molecule has 38 heavy (non-hydrogen) atoms. The van der Waals surface area contributed by atoms with E-state index in [2.05, 4.69) is 26.0 Å². The summed E-state index contributed by atoms with van der Waals surface area (Å²) in [5.74, 6) is 0.907. The van der Waals surface area contributed by atoms with Crippen LogP contribution in [0, 0.1) is 11.8 Å². The summed E-state index contributed by atoms with van der Waals surface area (Å²) in [6.45, 7) is 0.628. The number of thiophene rings is 1. The molecule has 202 valence electrons. The summed E-state index contributed by atoms with van der Waals surface area (Å²) in [5, 5.41) is 13.2. The molecule has 0 saturated heterocycles. The van der Waals surface area contributed by atoms with Crippen molar-refractivity contribution in [3.05, 3.63) is 40.2 Å². The summed E-state index contributed by atoms with van der Waals surface area (Å²) in [7, 11) is 1.44. The maximum absolute atomic E-state index is 13.3. The van der Waals surface area contributed by atoms with Gasteiger partial charge in [0.05, 0.1) is 5.56 Å². The fraction of sp³-hybridized carbons (Fsp3) is 0.520. The van der Waals surface area contributed by atoms with Gasteiger partial charge in [-0.1, -0.05) is 0 Å². The molecule has 2 saturated carbocycles. The third-order valence-electron chi connectivity index (χ3n) is 7.37. The van der Waals surface area contributed by atoms with Crippen molar-refractivity contribution >= 4 is 39.9 Å². The fourth-order valence-electron chi connectivity index (χ4n) is 4.88. The zero-order valence-electron chi connectivity index (χ0n) is 20.8. The van der Waals surface area contributed by atoms with Gasteiger partial charge in [0.25, 0.3) is 5.91 Å². The van der Waals surface area contributed by atoms with Gasteiger partial charge in [0.15, 0.2) is 5.69 Å². The van der Waals surface area contributed by atoms with Crippen LogP contribution in [0.1, 0.15) is 64.6 Å². The second kappa shape index (κ2) is 9.44. The number of hydrogen-bond acceptors (Lipinski definition) is 6. The van der Waals surface area contributed by atoms with Crippen molar-refractivity contribution in [3.63, 3.8) is 0 Å². The lowest BCUT2D eigenvalue weighted by atomic mass is 9.91. The minimum atomic E-state index is -4.55. The van der Waals surface area contributed by atoms with Gasteiger partial charge >= 0.3 is 6.18 Å². The number of amides is 2. The summed E-state index contributed by atoms with van der Waals surface area (Å²) < 4.78 is 42.4. The number of anilines is 3. The number of alkyl halides is 3. The van der Waals surface area contributed by atoms with E-state index in [0.29, 0.717) is 41.8 Å². The SMILES string of the molecule is Cn1nc(C(F)(F)F)cc1Nc1nccn1[C@H]1CCc2sc(NC(=O)C3CC3)c(C(=O)NCC3CC3)c2C1. The molecule has 1 atom stereocenters. The molecule has 9 nitrogen and oxygen atoms in total. The maximum atomic E-state index is 13.3. The second-order valence-electron chi connectivity index (χ2n) is 10.3. The average Bonchev–Trinajstić information content (AvgIpc) is 3.78. The number of aromatic nitrogens is 4. The van der Waals surface area contributed by atoms with Crippen LogP contribution in [-0.2, 0) is 30.9 Å². The molecule has 6 rings (SSSR count). The first kappa shape index (κ1) is 25.0. The van der Waals surface area contributed by atoms with Crippen molar-refractivity contribution in [2.75, 3.05) is 17.2 Å². The van der Waals surface area contributed by atoms with Crippen molar-refractivity contribution in [1.29, 1.82) is 0 Å². The Bertz CT molecular complexity index is 1380. The zero-order valence-corrected chi connectivity index (χ0v) is 21.6. The van der Waals surface area contributed by atoms with Gasteiger partial charge < -0.3 is 20.5 Å². The first-order chi connectivity index (χ1) is 18.2. The van der Waals surface area contributed by atoms with Gasteiger partial charge in [0, 0.05) is 48.9 Å². The number of carbonyl (C=O) groups excluding carboxylic acids is 2. The van der Waals surface area contributed by atoms with E-state index < -0.39 is 11.9 Å². The molecule has 3 heterocycles. The molecule has 2 fully saturated rings. The van der Waals surface area contributed by atoms with Gasteiger partial charge in [0.1, 0.15) is 10.8 Å². The molecule has 13 heteroatoms. The standard InChI is InChI=1S/C25H28F3N7O2S/c1-34-19(11-18(33-34)25(26,27)28)31-24-29-8-9-35(24)15-6-7-17-16(10-15)20(22(37)30-12-13-2-3-13)23(38-17)32-21(36)14-4-5-14/h8-9,11,13-15H,2-7,10,12H2,1H3,(H,29,31)(H,30,37)(H,32,36)/t15-/m0/s1. The average molecular weight is 548 g/mol. The van der Waals surface area contributed by atoms with Gasteiger partial charge in [-0.3, -0.25) is 14.3 Å². The van der Waals surface area contributed by atoms with Gasteiger partial charge in [-0.25, -0.2) is 4.98 Å². The lowest BCUT2D eigenvalue weighted by molar-refractivity contribution is -0.141. The molecule has 0 aromatic carbocycles. The highest BCUT2D eigenvalue weighted by atomic mass is 32.1. The summed E-state index contributed by atoms with van der Waals surface area (Å²) in [6, 6.07) is 0.882. The summed E-state index contributed by atoms with van der Waals surface area (Å²) >= 11 is 1.48. The Hall–Kier alpha value is -3.35. The van der Waals surface area contributed by atoms with E-state index in [-0.39, 0.29) is 29.6 Å². The van der Waals surface area contributed by atoms with Gasteiger partial charge in [-0.15, -0.1) is 11.3 Å². The Labute approximate surface area is 220 Å². The Morgan fingerprint density at radius 2 is 1.97 bits per heavy atom. The van der Waals surface area contributed by atoms with Crippen LogP contribution in [0.25, 0.3) is 0 Å². The minimum absolute atomic E-state index is 0.0219. The van der Waals surface area contributed by atoms with Crippen LogP contribution >= 0.6 is 11.3 Å². The topological polar surface area (TPSA) is 106 Å². The molecular formula is C25H28F3N7O2S. The van der Waals surface area contributed by atoms with E-state index in [1.807, 2.05) is 4.57 Å².